The molecule has 194 valence electrons. The van der Waals surface area contributed by atoms with Crippen molar-refractivity contribution in [1.82, 2.24) is 9.88 Å². The SMILES string of the molecule is CCc1ccc(N[C@@H]2NC(=O)/C(=C/c3cc(C)n(-c4ccc(OCc5ccc(F)cc5)cc4)c3C)S2)cc1. The van der Waals surface area contributed by atoms with E-state index in [-0.39, 0.29) is 17.2 Å². The second-order valence-corrected chi connectivity index (χ2v) is 10.4. The summed E-state index contributed by atoms with van der Waals surface area (Å²) in [5.74, 6) is 0.404. The lowest BCUT2D eigenvalue weighted by Crippen LogP contribution is -2.30. The van der Waals surface area contributed by atoms with E-state index in [1.807, 2.05) is 42.5 Å². The maximum Gasteiger partial charge on any atom is 0.260 e. The van der Waals surface area contributed by atoms with E-state index in [0.717, 1.165) is 46.1 Å². The molecule has 0 bridgehead atoms. The number of aromatic nitrogens is 1. The Labute approximate surface area is 226 Å². The lowest BCUT2D eigenvalue weighted by atomic mass is 10.1. The van der Waals surface area contributed by atoms with Crippen molar-refractivity contribution in [3.63, 3.8) is 0 Å². The van der Waals surface area contributed by atoms with E-state index in [1.54, 1.807) is 12.1 Å². The Kier molecular flexibility index (Phi) is 7.56. The summed E-state index contributed by atoms with van der Waals surface area (Å²) in [6.07, 6.45) is 2.96. The Morgan fingerprint density at radius 3 is 2.37 bits per heavy atom. The van der Waals surface area contributed by atoms with E-state index in [9.17, 15) is 9.18 Å². The highest BCUT2D eigenvalue weighted by molar-refractivity contribution is 8.05. The molecule has 4 aromatic rings. The summed E-state index contributed by atoms with van der Waals surface area (Å²) >= 11 is 1.49. The molecule has 1 aromatic heterocycles. The molecule has 0 saturated carbocycles. The van der Waals surface area contributed by atoms with Crippen LogP contribution in [0.25, 0.3) is 11.8 Å². The number of amides is 1. The monoisotopic (exact) mass is 527 g/mol. The van der Waals surface area contributed by atoms with Crippen LogP contribution in [0.4, 0.5) is 10.1 Å². The van der Waals surface area contributed by atoms with E-state index in [1.165, 1.54) is 29.5 Å². The molecule has 0 spiro atoms. The molecule has 5 rings (SSSR count). The van der Waals surface area contributed by atoms with Crippen LogP contribution < -0.4 is 15.4 Å². The van der Waals surface area contributed by atoms with Gasteiger partial charge in [-0.1, -0.05) is 43.0 Å². The summed E-state index contributed by atoms with van der Waals surface area (Å²) in [6, 6.07) is 24.6. The molecule has 0 aliphatic carbocycles. The van der Waals surface area contributed by atoms with Crippen LogP contribution in [0.5, 0.6) is 5.75 Å². The van der Waals surface area contributed by atoms with Gasteiger partial charge < -0.3 is 19.9 Å². The van der Waals surface area contributed by atoms with Gasteiger partial charge in [-0.05, 0) is 97.6 Å². The van der Waals surface area contributed by atoms with Crippen molar-refractivity contribution in [2.24, 2.45) is 0 Å². The average Bonchev–Trinajstić information content (AvgIpc) is 3.41. The molecule has 0 radical (unpaired) electrons. The van der Waals surface area contributed by atoms with Crippen LogP contribution in [-0.4, -0.2) is 16.0 Å². The summed E-state index contributed by atoms with van der Waals surface area (Å²) in [7, 11) is 0. The number of aryl methyl sites for hydroxylation is 2. The first-order valence-electron chi connectivity index (χ1n) is 12.6. The Bertz CT molecular complexity index is 1460. The molecule has 7 heteroatoms. The quantitative estimate of drug-likeness (QED) is 0.243. The van der Waals surface area contributed by atoms with E-state index < -0.39 is 0 Å². The number of thioether (sulfide) groups is 1. The second-order valence-electron chi connectivity index (χ2n) is 9.25. The van der Waals surface area contributed by atoms with Gasteiger partial charge in [0, 0.05) is 22.8 Å². The number of hydrogen-bond acceptors (Lipinski definition) is 4. The molecule has 3 aromatic carbocycles. The summed E-state index contributed by atoms with van der Waals surface area (Å²) < 4.78 is 21.1. The van der Waals surface area contributed by atoms with E-state index in [2.05, 4.69) is 54.2 Å². The zero-order valence-corrected chi connectivity index (χ0v) is 22.4. The van der Waals surface area contributed by atoms with Gasteiger partial charge in [0.1, 0.15) is 18.2 Å². The number of ether oxygens (including phenoxy) is 1. The Morgan fingerprint density at radius 2 is 1.68 bits per heavy atom. The summed E-state index contributed by atoms with van der Waals surface area (Å²) in [4.78, 5) is 13.4. The molecule has 1 aliphatic heterocycles. The standard InChI is InChI=1S/C31H30FN3O2S/c1-4-22-7-11-26(12-8-22)33-31-34-30(36)29(38-31)18-24-17-20(2)35(21(24)3)27-13-15-28(16-14-27)37-19-23-5-9-25(32)10-6-23/h5-18,31,33H,4,19H2,1-3H3,(H,34,36)/b29-18-/t31-/m1/s1. The van der Waals surface area contributed by atoms with Crippen molar-refractivity contribution in [2.45, 2.75) is 39.3 Å². The fourth-order valence-corrected chi connectivity index (χ4v) is 5.44. The average molecular weight is 528 g/mol. The molecule has 1 amide bonds. The first-order valence-corrected chi connectivity index (χ1v) is 13.5. The van der Waals surface area contributed by atoms with Crippen molar-refractivity contribution < 1.29 is 13.9 Å². The molecule has 0 unspecified atom stereocenters. The maximum atomic E-state index is 13.1. The predicted octanol–water partition coefficient (Wildman–Crippen LogP) is 6.97. The Morgan fingerprint density at radius 1 is 1.00 bits per heavy atom. The maximum absolute atomic E-state index is 13.1. The van der Waals surface area contributed by atoms with E-state index in [0.29, 0.717) is 11.5 Å². The highest BCUT2D eigenvalue weighted by Crippen LogP contribution is 2.32. The topological polar surface area (TPSA) is 55.3 Å². The number of nitrogens with one attached hydrogen (secondary N) is 2. The number of carbonyl (C=O) groups excluding carboxylic acids is 1. The third-order valence-corrected chi connectivity index (χ3v) is 7.59. The minimum absolute atomic E-state index is 0.0786. The molecule has 1 fully saturated rings. The third kappa shape index (κ3) is 5.78. The summed E-state index contributed by atoms with van der Waals surface area (Å²) in [6.45, 7) is 6.62. The Hall–Kier alpha value is -3.97. The van der Waals surface area contributed by atoms with Gasteiger partial charge in [-0.15, -0.1) is 0 Å². The molecule has 38 heavy (non-hydrogen) atoms. The van der Waals surface area contributed by atoms with Crippen molar-refractivity contribution in [3.8, 4) is 11.4 Å². The third-order valence-electron chi connectivity index (χ3n) is 6.56. The van der Waals surface area contributed by atoms with Crippen LogP contribution >= 0.6 is 11.8 Å². The van der Waals surface area contributed by atoms with Crippen LogP contribution in [0.3, 0.4) is 0 Å². The van der Waals surface area contributed by atoms with Gasteiger partial charge in [0.2, 0.25) is 0 Å². The minimum atomic E-state index is -0.258. The van der Waals surface area contributed by atoms with Gasteiger partial charge in [-0.25, -0.2) is 4.39 Å². The van der Waals surface area contributed by atoms with Crippen LogP contribution in [-0.2, 0) is 17.8 Å². The van der Waals surface area contributed by atoms with Crippen molar-refractivity contribution >= 4 is 29.4 Å². The number of benzene rings is 3. The first-order chi connectivity index (χ1) is 18.4. The highest BCUT2D eigenvalue weighted by Gasteiger charge is 2.27. The highest BCUT2D eigenvalue weighted by atomic mass is 32.2. The van der Waals surface area contributed by atoms with Gasteiger partial charge >= 0.3 is 0 Å². The normalized spacial score (nSPS) is 16.1. The minimum Gasteiger partial charge on any atom is -0.489 e. The van der Waals surface area contributed by atoms with Crippen molar-refractivity contribution in [1.29, 1.82) is 0 Å². The van der Waals surface area contributed by atoms with Gasteiger partial charge in [-0.2, -0.15) is 0 Å². The number of nitrogens with zero attached hydrogens (tertiary/aromatic N) is 1. The number of anilines is 1. The molecule has 2 N–H and O–H groups in total. The van der Waals surface area contributed by atoms with Crippen molar-refractivity contribution in [3.05, 3.63) is 118 Å². The number of carbonyl (C=O) groups is 1. The molecule has 1 saturated heterocycles. The molecule has 1 aliphatic rings. The van der Waals surface area contributed by atoms with E-state index in [4.69, 9.17) is 4.74 Å². The van der Waals surface area contributed by atoms with Gasteiger partial charge in [0.15, 0.2) is 5.50 Å². The summed E-state index contributed by atoms with van der Waals surface area (Å²) in [5, 5.41) is 6.39. The fourth-order valence-electron chi connectivity index (χ4n) is 4.46. The van der Waals surface area contributed by atoms with Gasteiger partial charge in [0.25, 0.3) is 5.91 Å². The number of hydrogen-bond donors (Lipinski definition) is 2. The Balaban J connectivity index is 1.27. The molecule has 5 nitrogen and oxygen atoms in total. The van der Waals surface area contributed by atoms with Crippen LogP contribution in [0.1, 0.15) is 35.0 Å². The largest absolute Gasteiger partial charge is 0.489 e. The lowest BCUT2D eigenvalue weighted by Gasteiger charge is -2.13. The molecule has 1 atom stereocenters. The summed E-state index contributed by atoms with van der Waals surface area (Å²) in [5.41, 5.74) is 7.09. The van der Waals surface area contributed by atoms with Gasteiger partial charge in [-0.3, -0.25) is 4.79 Å². The predicted molar refractivity (Wildman–Crippen MR) is 153 cm³/mol. The number of rotatable bonds is 8. The number of halogens is 1. The van der Waals surface area contributed by atoms with Crippen molar-refractivity contribution in [2.75, 3.05) is 5.32 Å². The second kappa shape index (κ2) is 11.2. The zero-order chi connectivity index (χ0) is 26.6. The van der Waals surface area contributed by atoms with Crippen LogP contribution in [0, 0.1) is 19.7 Å². The lowest BCUT2D eigenvalue weighted by molar-refractivity contribution is -0.116. The molecular weight excluding hydrogens is 497 g/mol. The molecular formula is C31H30FN3O2S. The molecule has 2 heterocycles. The fraction of sp³-hybridized carbons (Fsp3) is 0.194. The van der Waals surface area contributed by atoms with Gasteiger partial charge in [0.05, 0.1) is 4.91 Å². The van der Waals surface area contributed by atoms with E-state index >= 15 is 0 Å². The first kappa shape index (κ1) is 25.7. The van der Waals surface area contributed by atoms with Crippen LogP contribution in [0.15, 0.2) is 83.8 Å². The smallest absolute Gasteiger partial charge is 0.260 e. The zero-order valence-electron chi connectivity index (χ0n) is 21.6. The van der Waals surface area contributed by atoms with Crippen LogP contribution in [0.2, 0.25) is 0 Å².